The lowest BCUT2D eigenvalue weighted by Crippen LogP contribution is -2.42. The minimum atomic E-state index is -1.10. The molecule has 1 heterocycles. The molecule has 0 spiro atoms. The number of hydrogen-bond donors (Lipinski definition) is 2. The zero-order valence-electron chi connectivity index (χ0n) is 20.6. The Morgan fingerprint density at radius 3 is 2.08 bits per heavy atom. The number of fused-ring (bicyclic) bond motifs is 1. The Morgan fingerprint density at radius 1 is 0.795 bits per heavy atom. The summed E-state index contributed by atoms with van der Waals surface area (Å²) in [4.78, 5) is 25.4. The van der Waals surface area contributed by atoms with Crippen LogP contribution in [0.2, 0.25) is 10.0 Å². The fourth-order valence-electron chi connectivity index (χ4n) is 4.11. The Labute approximate surface area is 239 Å². The molecule has 5 rings (SSSR count). The summed E-state index contributed by atoms with van der Waals surface area (Å²) in [6, 6.07) is 28.8. The summed E-state index contributed by atoms with van der Waals surface area (Å²) in [5.74, 6) is -0.857. The Hall–Kier alpha value is -3.84. The number of nitrogens with one attached hydrogen (secondary N) is 1. The first-order chi connectivity index (χ1) is 18.8. The molecular formula is C31H23Cl2NO4S. The molecular weight excluding hydrogens is 553 g/mol. The van der Waals surface area contributed by atoms with Crippen molar-refractivity contribution >= 4 is 56.5 Å². The van der Waals surface area contributed by atoms with Gasteiger partial charge in [-0.2, -0.15) is 0 Å². The summed E-state index contributed by atoms with van der Waals surface area (Å²) < 4.78 is 6.74. The van der Waals surface area contributed by atoms with Crippen molar-refractivity contribution in [3.63, 3.8) is 0 Å². The zero-order valence-corrected chi connectivity index (χ0v) is 22.9. The molecule has 0 saturated heterocycles. The van der Waals surface area contributed by atoms with E-state index >= 15 is 0 Å². The molecule has 1 atom stereocenters. The van der Waals surface area contributed by atoms with Crippen molar-refractivity contribution in [1.29, 1.82) is 0 Å². The van der Waals surface area contributed by atoms with Gasteiger partial charge in [0.05, 0.1) is 4.88 Å². The second kappa shape index (κ2) is 11.9. The van der Waals surface area contributed by atoms with Gasteiger partial charge in [-0.05, 0) is 82.2 Å². The molecule has 1 aromatic heterocycles. The van der Waals surface area contributed by atoms with Gasteiger partial charge >= 0.3 is 5.97 Å². The van der Waals surface area contributed by atoms with Crippen LogP contribution in [0.15, 0.2) is 97.1 Å². The van der Waals surface area contributed by atoms with Crippen LogP contribution in [-0.4, -0.2) is 23.0 Å². The van der Waals surface area contributed by atoms with Crippen LogP contribution in [0.4, 0.5) is 0 Å². The molecule has 1 amide bonds. The summed E-state index contributed by atoms with van der Waals surface area (Å²) >= 11 is 13.2. The fraction of sp³-hybridized carbons (Fsp3) is 0.0968. The molecule has 0 aliphatic carbocycles. The molecule has 2 N–H and O–H groups in total. The number of amides is 1. The predicted octanol–water partition coefficient (Wildman–Crippen LogP) is 7.88. The molecule has 196 valence electrons. The van der Waals surface area contributed by atoms with Gasteiger partial charge in [-0.25, -0.2) is 4.79 Å². The van der Waals surface area contributed by atoms with Gasteiger partial charge in [0, 0.05) is 21.2 Å². The number of hydrogen-bond acceptors (Lipinski definition) is 4. The number of carboxylic acids is 1. The van der Waals surface area contributed by atoms with E-state index < -0.39 is 17.9 Å². The van der Waals surface area contributed by atoms with E-state index in [-0.39, 0.29) is 6.42 Å². The maximum atomic E-state index is 13.0. The fourth-order valence-corrected chi connectivity index (χ4v) is 5.31. The number of ether oxygens (including phenoxy) is 1. The molecule has 5 nitrogen and oxygen atoms in total. The molecule has 0 aliphatic heterocycles. The molecule has 0 radical (unpaired) electrons. The van der Waals surface area contributed by atoms with Crippen LogP contribution in [0, 0.1) is 0 Å². The minimum Gasteiger partial charge on any atom is -0.489 e. The van der Waals surface area contributed by atoms with Gasteiger partial charge in [0.1, 0.15) is 18.4 Å². The number of aliphatic carboxylic acids is 1. The highest BCUT2D eigenvalue weighted by Crippen LogP contribution is 2.31. The van der Waals surface area contributed by atoms with Gasteiger partial charge in [0.2, 0.25) is 0 Å². The number of carbonyl (C=O) groups excluding carboxylic acids is 1. The largest absolute Gasteiger partial charge is 0.489 e. The van der Waals surface area contributed by atoms with E-state index in [9.17, 15) is 14.7 Å². The zero-order chi connectivity index (χ0) is 27.4. The van der Waals surface area contributed by atoms with Gasteiger partial charge in [-0.3, -0.25) is 4.79 Å². The third kappa shape index (κ3) is 6.79. The molecule has 4 aromatic carbocycles. The maximum Gasteiger partial charge on any atom is 0.326 e. The van der Waals surface area contributed by atoms with E-state index in [1.54, 1.807) is 42.5 Å². The second-order valence-electron chi connectivity index (χ2n) is 9.00. The van der Waals surface area contributed by atoms with E-state index in [0.717, 1.165) is 32.3 Å². The van der Waals surface area contributed by atoms with Crippen molar-refractivity contribution in [3.05, 3.63) is 123 Å². The van der Waals surface area contributed by atoms with Gasteiger partial charge in [0.15, 0.2) is 0 Å². The normalized spacial score (nSPS) is 11.7. The first-order valence-electron chi connectivity index (χ1n) is 12.1. The third-order valence-electron chi connectivity index (χ3n) is 6.20. The van der Waals surface area contributed by atoms with Gasteiger partial charge < -0.3 is 15.2 Å². The summed E-state index contributed by atoms with van der Waals surface area (Å²) in [5, 5.41) is 14.7. The molecule has 0 unspecified atom stereocenters. The summed E-state index contributed by atoms with van der Waals surface area (Å²) in [6.45, 7) is 0.390. The highest BCUT2D eigenvalue weighted by Gasteiger charge is 2.22. The van der Waals surface area contributed by atoms with Crippen LogP contribution in [0.5, 0.6) is 5.75 Å². The van der Waals surface area contributed by atoms with E-state index in [4.69, 9.17) is 27.9 Å². The second-order valence-corrected chi connectivity index (χ2v) is 11.0. The lowest BCUT2D eigenvalue weighted by atomic mass is 10.0. The van der Waals surface area contributed by atoms with Crippen LogP contribution in [0.3, 0.4) is 0 Å². The highest BCUT2D eigenvalue weighted by molar-refractivity contribution is 7.20. The standard InChI is InChI=1S/C31H23Cl2NO4S/c32-24-8-1-20(2-9-24)18-38-26-12-3-19(4-13-26)15-27(31(36)37)34-30(35)29-17-23-16-22(7-14-28(23)39-29)21-5-10-25(33)11-6-21/h1-14,16-17,27H,15,18H2,(H,34,35)(H,36,37)/t27-/m0/s1. The van der Waals surface area contributed by atoms with Gasteiger partial charge in [-0.1, -0.05) is 65.7 Å². The van der Waals surface area contributed by atoms with Crippen LogP contribution in [0.25, 0.3) is 21.2 Å². The van der Waals surface area contributed by atoms with E-state index in [1.807, 2.05) is 54.6 Å². The molecule has 0 aliphatic rings. The first kappa shape index (κ1) is 26.8. The van der Waals surface area contributed by atoms with Gasteiger partial charge in [0.25, 0.3) is 5.91 Å². The lowest BCUT2D eigenvalue weighted by Gasteiger charge is -2.14. The van der Waals surface area contributed by atoms with Crippen LogP contribution in [0.1, 0.15) is 20.8 Å². The quantitative estimate of drug-likeness (QED) is 0.187. The van der Waals surface area contributed by atoms with Crippen LogP contribution < -0.4 is 10.1 Å². The number of halogens is 2. The monoisotopic (exact) mass is 575 g/mol. The number of rotatable bonds is 9. The maximum absolute atomic E-state index is 13.0. The first-order valence-corrected chi connectivity index (χ1v) is 13.7. The van der Waals surface area contributed by atoms with E-state index in [2.05, 4.69) is 5.32 Å². The molecule has 39 heavy (non-hydrogen) atoms. The molecule has 0 saturated carbocycles. The van der Waals surface area contributed by atoms with Crippen LogP contribution in [-0.2, 0) is 17.8 Å². The van der Waals surface area contributed by atoms with Gasteiger partial charge in [-0.15, -0.1) is 11.3 Å². The number of thiophene rings is 1. The summed E-state index contributed by atoms with van der Waals surface area (Å²) in [5.41, 5.74) is 3.78. The molecule has 0 fully saturated rings. The highest BCUT2D eigenvalue weighted by atomic mass is 35.5. The molecule has 8 heteroatoms. The molecule has 0 bridgehead atoms. The van der Waals surface area contributed by atoms with E-state index in [1.165, 1.54) is 11.3 Å². The smallest absolute Gasteiger partial charge is 0.326 e. The van der Waals surface area contributed by atoms with Crippen molar-refractivity contribution in [1.82, 2.24) is 5.32 Å². The Morgan fingerprint density at radius 2 is 1.41 bits per heavy atom. The number of benzene rings is 4. The summed E-state index contributed by atoms with van der Waals surface area (Å²) in [6.07, 6.45) is 0.143. The predicted molar refractivity (Wildman–Crippen MR) is 157 cm³/mol. The number of carboxylic acid groups (broad SMARTS) is 1. The van der Waals surface area contributed by atoms with E-state index in [0.29, 0.717) is 27.3 Å². The third-order valence-corrected chi connectivity index (χ3v) is 7.82. The van der Waals surface area contributed by atoms with Crippen molar-refractivity contribution < 1.29 is 19.4 Å². The Kier molecular flexibility index (Phi) is 8.17. The Balaban J connectivity index is 1.23. The summed E-state index contributed by atoms with van der Waals surface area (Å²) in [7, 11) is 0. The number of carbonyl (C=O) groups is 2. The minimum absolute atomic E-state index is 0.143. The average Bonchev–Trinajstić information content (AvgIpc) is 3.37. The van der Waals surface area contributed by atoms with Crippen molar-refractivity contribution in [2.45, 2.75) is 19.1 Å². The Bertz CT molecular complexity index is 1610. The van der Waals surface area contributed by atoms with Crippen LogP contribution >= 0.6 is 34.5 Å². The SMILES string of the molecule is O=C(N[C@@H](Cc1ccc(OCc2ccc(Cl)cc2)cc1)C(=O)O)c1cc2cc(-c3ccc(Cl)cc3)ccc2s1. The van der Waals surface area contributed by atoms with Crippen molar-refractivity contribution in [2.75, 3.05) is 0 Å². The molecule has 5 aromatic rings. The van der Waals surface area contributed by atoms with Crippen molar-refractivity contribution in [3.8, 4) is 16.9 Å². The topological polar surface area (TPSA) is 75.6 Å². The lowest BCUT2D eigenvalue weighted by molar-refractivity contribution is -0.139. The average molecular weight is 577 g/mol. The van der Waals surface area contributed by atoms with Crippen molar-refractivity contribution in [2.24, 2.45) is 0 Å².